The number of amides is 2. The molecule has 0 bridgehead atoms. The summed E-state index contributed by atoms with van der Waals surface area (Å²) in [5, 5.41) is 11.7. The molecule has 3 heterocycles. The third-order valence-corrected chi connectivity index (χ3v) is 5.82. The molecule has 29 heavy (non-hydrogen) atoms. The number of aromatic amines is 1. The standard InChI is InChI=1S/C22H23N5O2/c1-14-17-8-7-16(11-19(17)25-24-14)23-18-6-4-5-15-12-27(22(29)21(15)18)13-20(28)26-9-2-3-10-26/h4-8,11,23H,2-3,9-10,12-13H2,1H3,(H,24,25). The fourth-order valence-electron chi connectivity index (χ4n) is 4.26. The molecule has 7 heteroatoms. The average molecular weight is 389 g/mol. The predicted octanol–water partition coefficient (Wildman–Crippen LogP) is 3.19. The number of likely N-dealkylation sites (tertiary alicyclic amines) is 1. The Labute approximate surface area is 168 Å². The van der Waals surface area contributed by atoms with Crippen molar-refractivity contribution in [3.63, 3.8) is 0 Å². The fourth-order valence-corrected chi connectivity index (χ4v) is 4.26. The molecule has 0 aliphatic carbocycles. The van der Waals surface area contributed by atoms with Crippen LogP contribution in [-0.4, -0.2) is 51.4 Å². The summed E-state index contributed by atoms with van der Waals surface area (Å²) < 4.78 is 0. The molecule has 2 aliphatic heterocycles. The Morgan fingerprint density at radius 3 is 2.86 bits per heavy atom. The van der Waals surface area contributed by atoms with E-state index in [0.29, 0.717) is 12.1 Å². The minimum absolute atomic E-state index is 0.0394. The molecule has 1 aromatic heterocycles. The van der Waals surface area contributed by atoms with Crippen LogP contribution in [0.25, 0.3) is 10.9 Å². The van der Waals surface area contributed by atoms with Crippen LogP contribution in [0.3, 0.4) is 0 Å². The lowest BCUT2D eigenvalue weighted by Gasteiger charge is -2.20. The van der Waals surface area contributed by atoms with Gasteiger partial charge in [-0.3, -0.25) is 14.7 Å². The summed E-state index contributed by atoms with van der Waals surface area (Å²) in [6.45, 7) is 4.21. The molecule has 2 N–H and O–H groups in total. The first-order valence-electron chi connectivity index (χ1n) is 10.0. The van der Waals surface area contributed by atoms with Gasteiger partial charge in [0, 0.05) is 36.4 Å². The van der Waals surface area contributed by atoms with Crippen LogP contribution in [0.1, 0.15) is 34.5 Å². The highest BCUT2D eigenvalue weighted by Crippen LogP contribution is 2.32. The number of rotatable bonds is 4. The smallest absolute Gasteiger partial charge is 0.257 e. The minimum atomic E-state index is -0.0904. The van der Waals surface area contributed by atoms with Gasteiger partial charge >= 0.3 is 0 Å². The zero-order valence-electron chi connectivity index (χ0n) is 16.4. The van der Waals surface area contributed by atoms with Crippen LogP contribution < -0.4 is 5.32 Å². The zero-order chi connectivity index (χ0) is 20.0. The molecule has 5 rings (SSSR count). The Morgan fingerprint density at radius 1 is 1.21 bits per heavy atom. The van der Waals surface area contributed by atoms with E-state index in [4.69, 9.17) is 0 Å². The number of carbonyl (C=O) groups excluding carboxylic acids is 2. The van der Waals surface area contributed by atoms with Crippen LogP contribution in [0.2, 0.25) is 0 Å². The Balaban J connectivity index is 1.38. The van der Waals surface area contributed by atoms with E-state index in [9.17, 15) is 9.59 Å². The lowest BCUT2D eigenvalue weighted by Crippen LogP contribution is -2.39. The van der Waals surface area contributed by atoms with Crippen molar-refractivity contribution in [1.82, 2.24) is 20.0 Å². The molecule has 148 valence electrons. The van der Waals surface area contributed by atoms with Gasteiger partial charge in [-0.15, -0.1) is 0 Å². The monoisotopic (exact) mass is 389 g/mol. The number of nitrogens with zero attached hydrogens (tertiary/aromatic N) is 3. The third-order valence-electron chi connectivity index (χ3n) is 5.82. The van der Waals surface area contributed by atoms with Crippen LogP contribution >= 0.6 is 0 Å². The molecule has 0 unspecified atom stereocenters. The molecule has 1 fully saturated rings. The summed E-state index contributed by atoms with van der Waals surface area (Å²) in [5.41, 5.74) is 5.14. The second-order valence-electron chi connectivity index (χ2n) is 7.79. The number of fused-ring (bicyclic) bond motifs is 2. The molecule has 2 aliphatic rings. The molecule has 0 radical (unpaired) electrons. The molecular formula is C22H23N5O2. The summed E-state index contributed by atoms with van der Waals surface area (Å²) >= 11 is 0. The van der Waals surface area contributed by atoms with E-state index >= 15 is 0 Å². The lowest BCUT2D eigenvalue weighted by atomic mass is 10.1. The average Bonchev–Trinajstić information content (AvgIpc) is 3.43. The summed E-state index contributed by atoms with van der Waals surface area (Å²) in [7, 11) is 0. The first kappa shape index (κ1) is 17.7. The first-order valence-corrected chi connectivity index (χ1v) is 10.0. The van der Waals surface area contributed by atoms with Crippen LogP contribution in [0.15, 0.2) is 36.4 Å². The highest BCUT2D eigenvalue weighted by atomic mass is 16.2. The molecule has 2 amide bonds. The van der Waals surface area contributed by atoms with E-state index in [2.05, 4.69) is 15.5 Å². The van der Waals surface area contributed by atoms with Crippen molar-refractivity contribution in [2.24, 2.45) is 0 Å². The Kier molecular flexibility index (Phi) is 4.23. The van der Waals surface area contributed by atoms with Gasteiger partial charge < -0.3 is 15.1 Å². The van der Waals surface area contributed by atoms with Crippen LogP contribution in [-0.2, 0) is 11.3 Å². The SMILES string of the molecule is Cc1[nH]nc2cc(Nc3cccc4c3C(=O)N(CC(=O)N3CCCC3)C4)ccc12. The highest BCUT2D eigenvalue weighted by Gasteiger charge is 2.32. The Hall–Kier alpha value is -3.35. The maximum absolute atomic E-state index is 13.1. The lowest BCUT2D eigenvalue weighted by molar-refractivity contribution is -0.130. The first-order chi connectivity index (χ1) is 14.1. The maximum Gasteiger partial charge on any atom is 0.257 e. The molecular weight excluding hydrogens is 366 g/mol. The van der Waals surface area contributed by atoms with Gasteiger partial charge in [-0.05, 0) is 49.6 Å². The molecule has 2 aromatic carbocycles. The van der Waals surface area contributed by atoms with Crippen molar-refractivity contribution in [1.29, 1.82) is 0 Å². The van der Waals surface area contributed by atoms with Gasteiger partial charge in [0.15, 0.2) is 0 Å². The van der Waals surface area contributed by atoms with Crippen molar-refractivity contribution in [2.75, 3.05) is 25.0 Å². The number of anilines is 2. The summed E-state index contributed by atoms with van der Waals surface area (Å²) in [6.07, 6.45) is 2.10. The molecule has 1 saturated heterocycles. The van der Waals surface area contributed by atoms with Crippen LogP contribution in [0.4, 0.5) is 11.4 Å². The molecule has 7 nitrogen and oxygen atoms in total. The van der Waals surface area contributed by atoms with E-state index < -0.39 is 0 Å². The van der Waals surface area contributed by atoms with E-state index in [1.165, 1.54) is 0 Å². The number of aromatic nitrogens is 2. The molecule has 3 aromatic rings. The van der Waals surface area contributed by atoms with Gasteiger partial charge in [-0.2, -0.15) is 5.10 Å². The van der Waals surface area contributed by atoms with E-state index in [1.807, 2.05) is 48.2 Å². The number of carbonyl (C=O) groups is 2. The summed E-state index contributed by atoms with van der Waals surface area (Å²) in [4.78, 5) is 29.1. The number of hydrogen-bond acceptors (Lipinski definition) is 4. The number of nitrogens with one attached hydrogen (secondary N) is 2. The fraction of sp³-hybridized carbons (Fsp3) is 0.318. The van der Waals surface area contributed by atoms with Crippen molar-refractivity contribution in [3.8, 4) is 0 Å². The number of aryl methyl sites for hydroxylation is 1. The van der Waals surface area contributed by atoms with Gasteiger partial charge in [-0.25, -0.2) is 0 Å². The summed E-state index contributed by atoms with van der Waals surface area (Å²) in [5.74, 6) is -0.0511. The third kappa shape index (κ3) is 3.12. The quantitative estimate of drug-likeness (QED) is 0.718. The van der Waals surface area contributed by atoms with Gasteiger partial charge in [0.25, 0.3) is 5.91 Å². The Bertz CT molecular complexity index is 1110. The van der Waals surface area contributed by atoms with Crippen molar-refractivity contribution >= 4 is 34.1 Å². The van der Waals surface area contributed by atoms with E-state index in [0.717, 1.165) is 59.5 Å². The topological polar surface area (TPSA) is 81.3 Å². The second-order valence-corrected chi connectivity index (χ2v) is 7.79. The highest BCUT2D eigenvalue weighted by molar-refractivity contribution is 6.05. The van der Waals surface area contributed by atoms with Crippen LogP contribution in [0.5, 0.6) is 0 Å². The second kappa shape index (κ2) is 6.92. The largest absolute Gasteiger partial charge is 0.355 e. The van der Waals surface area contributed by atoms with Gasteiger partial charge in [-0.1, -0.05) is 12.1 Å². The van der Waals surface area contributed by atoms with Crippen molar-refractivity contribution < 1.29 is 9.59 Å². The number of hydrogen-bond donors (Lipinski definition) is 2. The number of H-pyrrole nitrogens is 1. The number of benzene rings is 2. The zero-order valence-corrected chi connectivity index (χ0v) is 16.4. The molecule has 0 spiro atoms. The predicted molar refractivity (Wildman–Crippen MR) is 111 cm³/mol. The van der Waals surface area contributed by atoms with E-state index in [-0.39, 0.29) is 18.4 Å². The van der Waals surface area contributed by atoms with E-state index in [1.54, 1.807) is 4.90 Å². The molecule has 0 saturated carbocycles. The molecule has 0 atom stereocenters. The summed E-state index contributed by atoms with van der Waals surface area (Å²) in [6, 6.07) is 11.8. The van der Waals surface area contributed by atoms with Gasteiger partial charge in [0.05, 0.1) is 16.8 Å². The van der Waals surface area contributed by atoms with Crippen molar-refractivity contribution in [2.45, 2.75) is 26.3 Å². The van der Waals surface area contributed by atoms with Crippen LogP contribution in [0, 0.1) is 6.92 Å². The van der Waals surface area contributed by atoms with Gasteiger partial charge in [0.1, 0.15) is 6.54 Å². The normalized spacial score (nSPS) is 16.0. The van der Waals surface area contributed by atoms with Gasteiger partial charge in [0.2, 0.25) is 5.91 Å². The van der Waals surface area contributed by atoms with Crippen molar-refractivity contribution in [3.05, 3.63) is 53.2 Å². The maximum atomic E-state index is 13.1. The Morgan fingerprint density at radius 2 is 2.03 bits per heavy atom. The minimum Gasteiger partial charge on any atom is -0.355 e.